The number of rotatable bonds is 7. The van der Waals surface area contributed by atoms with E-state index in [-0.39, 0.29) is 24.7 Å². The number of ether oxygens (including phenoxy) is 2. The fourth-order valence-corrected chi connectivity index (χ4v) is 3.89. The molecule has 0 aliphatic carbocycles. The number of aliphatic imine (C=N–C) groups is 1. The summed E-state index contributed by atoms with van der Waals surface area (Å²) >= 11 is 7.43. The minimum absolute atomic E-state index is 0.157. The number of thioether (sulfide) groups is 1. The average molecular weight is 475 g/mol. The number of carboxylic acid groups (broad SMARTS) is 1. The Morgan fingerprint density at radius 2 is 1.94 bits per heavy atom. The Kier molecular flexibility index (Phi) is 7.55. The number of hydrogen-bond acceptors (Lipinski definition) is 7. The summed E-state index contributed by atoms with van der Waals surface area (Å²) in [7, 11) is 1.61. The topological polar surface area (TPSA) is 106 Å². The molecule has 1 aliphatic heterocycles. The zero-order valence-electron chi connectivity index (χ0n) is 17.2. The van der Waals surface area contributed by atoms with E-state index >= 15 is 0 Å². The van der Waals surface area contributed by atoms with Crippen LogP contribution in [0.2, 0.25) is 5.02 Å². The molecule has 1 amide bonds. The minimum Gasteiger partial charge on any atom is -0.480 e. The number of nitrogens with zero attached hydrogens (tertiary/aromatic N) is 2. The highest BCUT2D eigenvalue weighted by Gasteiger charge is 2.30. The van der Waals surface area contributed by atoms with Crippen molar-refractivity contribution >= 4 is 58.1 Å². The van der Waals surface area contributed by atoms with Gasteiger partial charge in [-0.25, -0.2) is 14.6 Å². The molecule has 2 aromatic rings. The summed E-state index contributed by atoms with van der Waals surface area (Å²) < 4.78 is 10.2. The average Bonchev–Trinajstić information content (AvgIpc) is 3.01. The highest BCUT2D eigenvalue weighted by atomic mass is 35.5. The van der Waals surface area contributed by atoms with Crippen LogP contribution in [0.25, 0.3) is 6.08 Å². The predicted octanol–water partition coefficient (Wildman–Crippen LogP) is 4.21. The molecule has 0 saturated carbocycles. The smallest absolute Gasteiger partial charge is 0.344 e. The van der Waals surface area contributed by atoms with Crippen molar-refractivity contribution in [2.45, 2.75) is 6.92 Å². The largest absolute Gasteiger partial charge is 0.480 e. The van der Waals surface area contributed by atoms with Crippen LogP contribution < -0.4 is 4.74 Å². The third-order valence-corrected chi connectivity index (χ3v) is 5.60. The van der Waals surface area contributed by atoms with E-state index in [0.717, 1.165) is 0 Å². The summed E-state index contributed by atoms with van der Waals surface area (Å²) in [5.41, 5.74) is 1.36. The van der Waals surface area contributed by atoms with E-state index in [4.69, 9.17) is 26.2 Å². The van der Waals surface area contributed by atoms with Gasteiger partial charge in [-0.3, -0.25) is 9.69 Å². The molecule has 0 spiro atoms. The summed E-state index contributed by atoms with van der Waals surface area (Å²) in [6, 6.07) is 11.0. The van der Waals surface area contributed by atoms with E-state index in [0.29, 0.717) is 32.1 Å². The number of likely N-dealkylation sites (N-methyl/N-ethyl adjacent to an activating group) is 1. The standard InChI is InChI=1S/C22H19ClN2O6S/c1-3-30-19(26)12-31-17-9-4-13(10-16(17)23)11-18-20(27)25(2)22(32-18)24-15-7-5-14(6-8-15)21(28)29/h4-11H,3,12H2,1-2H3,(H,28,29)/b18-11-,24-22?. The molecule has 0 unspecified atom stereocenters. The van der Waals surface area contributed by atoms with Crippen LogP contribution in [0.3, 0.4) is 0 Å². The zero-order valence-corrected chi connectivity index (χ0v) is 18.8. The zero-order chi connectivity index (χ0) is 23.3. The summed E-state index contributed by atoms with van der Waals surface area (Å²) in [6.07, 6.45) is 1.68. The molecular weight excluding hydrogens is 456 g/mol. The molecule has 1 heterocycles. The Balaban J connectivity index is 1.74. The second-order valence-electron chi connectivity index (χ2n) is 6.50. The number of hydrogen-bond donors (Lipinski definition) is 1. The molecule has 0 atom stereocenters. The number of carbonyl (C=O) groups is 3. The number of amides is 1. The molecule has 1 aliphatic rings. The first kappa shape index (κ1) is 23.4. The van der Waals surface area contributed by atoms with Crippen molar-refractivity contribution in [3.63, 3.8) is 0 Å². The third-order valence-electron chi connectivity index (χ3n) is 4.25. The molecule has 166 valence electrons. The molecule has 10 heteroatoms. The van der Waals surface area contributed by atoms with Crippen molar-refractivity contribution in [3.05, 3.63) is 63.5 Å². The normalized spacial score (nSPS) is 16.0. The third kappa shape index (κ3) is 5.68. The van der Waals surface area contributed by atoms with Crippen molar-refractivity contribution in [1.29, 1.82) is 0 Å². The maximum Gasteiger partial charge on any atom is 0.344 e. The number of esters is 1. The fraction of sp³-hybridized carbons (Fsp3) is 0.182. The van der Waals surface area contributed by atoms with E-state index < -0.39 is 11.9 Å². The van der Waals surface area contributed by atoms with Gasteiger partial charge in [0.15, 0.2) is 11.8 Å². The van der Waals surface area contributed by atoms with E-state index in [9.17, 15) is 14.4 Å². The van der Waals surface area contributed by atoms with Crippen LogP contribution in [-0.2, 0) is 14.3 Å². The molecule has 32 heavy (non-hydrogen) atoms. The molecule has 0 aromatic heterocycles. The van der Waals surface area contributed by atoms with Crippen molar-refractivity contribution in [3.8, 4) is 5.75 Å². The number of halogens is 1. The lowest BCUT2D eigenvalue weighted by molar-refractivity contribution is -0.145. The fourth-order valence-electron chi connectivity index (χ4n) is 2.66. The Morgan fingerprint density at radius 1 is 1.22 bits per heavy atom. The van der Waals surface area contributed by atoms with Crippen molar-refractivity contribution < 1.29 is 29.0 Å². The Labute approximate surface area is 193 Å². The molecule has 2 aromatic carbocycles. The van der Waals surface area contributed by atoms with Gasteiger partial charge in [0.2, 0.25) is 0 Å². The maximum atomic E-state index is 12.6. The molecule has 0 bridgehead atoms. The number of carboxylic acids is 1. The lowest BCUT2D eigenvalue weighted by Crippen LogP contribution is -2.23. The van der Waals surface area contributed by atoms with Gasteiger partial charge in [-0.15, -0.1) is 0 Å². The number of carbonyl (C=O) groups excluding carboxylic acids is 2. The van der Waals surface area contributed by atoms with Gasteiger partial charge in [0.05, 0.1) is 27.8 Å². The van der Waals surface area contributed by atoms with Gasteiger partial charge < -0.3 is 14.6 Å². The number of benzene rings is 2. The first-order valence-corrected chi connectivity index (χ1v) is 10.7. The second-order valence-corrected chi connectivity index (χ2v) is 7.92. The molecule has 1 N–H and O–H groups in total. The summed E-state index contributed by atoms with van der Waals surface area (Å²) in [5.74, 6) is -1.41. The minimum atomic E-state index is -1.02. The van der Waals surface area contributed by atoms with Crippen LogP contribution in [0.1, 0.15) is 22.8 Å². The van der Waals surface area contributed by atoms with Gasteiger partial charge in [0, 0.05) is 7.05 Å². The Hall–Kier alpha value is -3.30. The molecule has 3 rings (SSSR count). The molecule has 1 saturated heterocycles. The summed E-state index contributed by atoms with van der Waals surface area (Å²) in [6.45, 7) is 1.72. The van der Waals surface area contributed by atoms with E-state index in [1.165, 1.54) is 28.8 Å². The maximum absolute atomic E-state index is 12.6. The van der Waals surface area contributed by atoms with Crippen LogP contribution in [0.5, 0.6) is 5.75 Å². The lowest BCUT2D eigenvalue weighted by atomic mass is 10.2. The highest BCUT2D eigenvalue weighted by molar-refractivity contribution is 8.18. The Morgan fingerprint density at radius 3 is 2.56 bits per heavy atom. The Bertz CT molecular complexity index is 1110. The quantitative estimate of drug-likeness (QED) is 0.473. The highest BCUT2D eigenvalue weighted by Crippen LogP contribution is 2.34. The van der Waals surface area contributed by atoms with Gasteiger partial charge in [0.25, 0.3) is 5.91 Å². The molecular formula is C22H19ClN2O6S. The van der Waals surface area contributed by atoms with Crippen LogP contribution in [0.15, 0.2) is 52.4 Å². The first-order chi connectivity index (χ1) is 15.3. The van der Waals surface area contributed by atoms with E-state index in [1.807, 2.05) is 0 Å². The predicted molar refractivity (Wildman–Crippen MR) is 122 cm³/mol. The van der Waals surface area contributed by atoms with Crippen LogP contribution in [-0.4, -0.2) is 53.3 Å². The van der Waals surface area contributed by atoms with E-state index in [1.54, 1.807) is 50.4 Å². The number of amidine groups is 1. The lowest BCUT2D eigenvalue weighted by Gasteiger charge is -2.08. The van der Waals surface area contributed by atoms with Gasteiger partial charge in [-0.1, -0.05) is 17.7 Å². The van der Waals surface area contributed by atoms with Gasteiger partial charge in [-0.05, 0) is 66.7 Å². The van der Waals surface area contributed by atoms with E-state index in [2.05, 4.69) is 4.99 Å². The van der Waals surface area contributed by atoms with Crippen molar-refractivity contribution in [2.24, 2.45) is 4.99 Å². The number of aromatic carboxylic acids is 1. The van der Waals surface area contributed by atoms with Gasteiger partial charge in [-0.2, -0.15) is 0 Å². The second kappa shape index (κ2) is 10.3. The SMILES string of the molecule is CCOC(=O)COc1ccc(/C=C2\SC(=Nc3ccc(C(=O)O)cc3)N(C)C2=O)cc1Cl. The molecule has 1 fully saturated rings. The van der Waals surface area contributed by atoms with Crippen LogP contribution in [0, 0.1) is 0 Å². The molecule has 8 nitrogen and oxygen atoms in total. The van der Waals surface area contributed by atoms with Gasteiger partial charge >= 0.3 is 11.9 Å². The van der Waals surface area contributed by atoms with Crippen molar-refractivity contribution in [1.82, 2.24) is 4.90 Å². The van der Waals surface area contributed by atoms with Gasteiger partial charge in [0.1, 0.15) is 5.75 Å². The van der Waals surface area contributed by atoms with Crippen molar-refractivity contribution in [2.75, 3.05) is 20.3 Å². The van der Waals surface area contributed by atoms with Crippen LogP contribution in [0.4, 0.5) is 5.69 Å². The molecule has 0 radical (unpaired) electrons. The monoisotopic (exact) mass is 474 g/mol. The summed E-state index contributed by atoms with van der Waals surface area (Å²) in [5, 5.41) is 9.74. The first-order valence-electron chi connectivity index (χ1n) is 9.46. The van der Waals surface area contributed by atoms with Crippen LogP contribution >= 0.6 is 23.4 Å². The summed E-state index contributed by atoms with van der Waals surface area (Å²) in [4.78, 5) is 41.3.